The number of anilines is 2. The Morgan fingerprint density at radius 1 is 0.818 bits per heavy atom. The van der Waals surface area contributed by atoms with Crippen molar-refractivity contribution in [2.45, 2.75) is 0 Å². The zero-order valence-corrected chi connectivity index (χ0v) is 5.96. The van der Waals surface area contributed by atoms with Gasteiger partial charge < -0.3 is 5.32 Å². The average Bonchev–Trinajstić information content (AvgIpc) is 2.77. The quantitative estimate of drug-likeness (QED) is 0.478. The number of fused-ring (bicyclic) bond motifs is 2. The molecule has 1 aliphatic heterocycles. The van der Waals surface area contributed by atoms with Crippen LogP contribution in [0.4, 0.5) is 11.4 Å². The molecule has 0 radical (unpaired) electrons. The van der Waals surface area contributed by atoms with Crippen LogP contribution in [0.15, 0.2) is 36.4 Å². The average molecular weight is 141 g/mol. The van der Waals surface area contributed by atoms with E-state index in [1.807, 2.05) is 0 Å². The lowest BCUT2D eigenvalue weighted by atomic mass is 10.1. The molecule has 52 valence electrons. The maximum Gasteiger partial charge on any atom is 0.0630 e. The molecule has 0 atom stereocenters. The minimum Gasteiger partial charge on any atom is -0.352 e. The molecule has 1 heterocycles. The number of hydrogen-bond acceptors (Lipinski definition) is 1. The summed E-state index contributed by atoms with van der Waals surface area (Å²) in [5.41, 5.74) is 2.56. The van der Waals surface area contributed by atoms with Crippen LogP contribution in [0.2, 0.25) is 0 Å². The molecule has 0 unspecified atom stereocenters. The van der Waals surface area contributed by atoms with Crippen molar-refractivity contribution in [3.8, 4) is 0 Å². The molecule has 0 aliphatic carbocycles. The van der Waals surface area contributed by atoms with E-state index in [9.17, 15) is 0 Å². The molecular formula is C10H7N. The second-order valence-electron chi connectivity index (χ2n) is 2.87. The largest absolute Gasteiger partial charge is 0.352 e. The topological polar surface area (TPSA) is 21.9 Å². The summed E-state index contributed by atoms with van der Waals surface area (Å²) < 4.78 is 0. The van der Waals surface area contributed by atoms with Gasteiger partial charge in [0.25, 0.3) is 0 Å². The molecular weight excluding hydrogens is 134 g/mol. The molecule has 0 saturated heterocycles. The monoisotopic (exact) mass is 141 g/mol. The van der Waals surface area contributed by atoms with Gasteiger partial charge in [0, 0.05) is 0 Å². The normalized spacial score (nSPS) is 12.4. The molecule has 3 rings (SSSR count). The SMILES string of the molecule is c1ccc2cc3c(cc2c1)N3. The molecule has 0 aromatic heterocycles. The van der Waals surface area contributed by atoms with Crippen LogP contribution in [0, 0.1) is 0 Å². The van der Waals surface area contributed by atoms with E-state index in [1.54, 1.807) is 0 Å². The zero-order valence-electron chi connectivity index (χ0n) is 5.96. The van der Waals surface area contributed by atoms with Crippen molar-refractivity contribution < 1.29 is 0 Å². The number of hydrogen-bond donors (Lipinski definition) is 1. The number of benzene rings is 2. The van der Waals surface area contributed by atoms with Gasteiger partial charge in [0.1, 0.15) is 0 Å². The van der Waals surface area contributed by atoms with E-state index >= 15 is 0 Å². The van der Waals surface area contributed by atoms with Gasteiger partial charge in [-0.3, -0.25) is 0 Å². The van der Waals surface area contributed by atoms with Crippen LogP contribution in [0.5, 0.6) is 0 Å². The number of nitrogens with one attached hydrogen (secondary N) is 1. The van der Waals surface area contributed by atoms with E-state index in [1.165, 1.54) is 22.1 Å². The summed E-state index contributed by atoms with van der Waals surface area (Å²) >= 11 is 0. The third kappa shape index (κ3) is 0.650. The summed E-state index contributed by atoms with van der Waals surface area (Å²) in [6.45, 7) is 0. The summed E-state index contributed by atoms with van der Waals surface area (Å²) in [4.78, 5) is 0. The fraction of sp³-hybridized carbons (Fsp3) is 0. The molecule has 1 nitrogen and oxygen atoms in total. The van der Waals surface area contributed by atoms with Crippen LogP contribution >= 0.6 is 0 Å². The van der Waals surface area contributed by atoms with Crippen molar-refractivity contribution >= 4 is 22.1 Å². The highest BCUT2D eigenvalue weighted by Crippen LogP contribution is 2.41. The van der Waals surface area contributed by atoms with Gasteiger partial charge in [-0.05, 0) is 22.9 Å². The second-order valence-corrected chi connectivity index (χ2v) is 2.87. The lowest BCUT2D eigenvalue weighted by Crippen LogP contribution is -1.64. The fourth-order valence-electron chi connectivity index (χ4n) is 1.43. The van der Waals surface area contributed by atoms with Crippen molar-refractivity contribution in [3.63, 3.8) is 0 Å². The van der Waals surface area contributed by atoms with Gasteiger partial charge in [0.15, 0.2) is 0 Å². The molecule has 0 bridgehead atoms. The van der Waals surface area contributed by atoms with Crippen LogP contribution in [0.3, 0.4) is 0 Å². The van der Waals surface area contributed by atoms with E-state index in [2.05, 4.69) is 41.7 Å². The van der Waals surface area contributed by atoms with Crippen molar-refractivity contribution in [1.82, 2.24) is 0 Å². The Morgan fingerprint density at radius 3 is 1.91 bits per heavy atom. The molecule has 1 N–H and O–H groups in total. The molecule has 2 aromatic rings. The van der Waals surface area contributed by atoms with E-state index in [0.717, 1.165) is 0 Å². The first kappa shape index (κ1) is 5.19. The third-order valence-corrected chi connectivity index (χ3v) is 2.09. The van der Waals surface area contributed by atoms with E-state index in [0.29, 0.717) is 0 Å². The lowest BCUT2D eigenvalue weighted by Gasteiger charge is -1.90. The summed E-state index contributed by atoms with van der Waals surface area (Å²) in [5.74, 6) is 0. The highest BCUT2D eigenvalue weighted by Gasteiger charge is 2.14. The first-order valence-electron chi connectivity index (χ1n) is 3.73. The van der Waals surface area contributed by atoms with Gasteiger partial charge in [0.2, 0.25) is 0 Å². The summed E-state index contributed by atoms with van der Waals surface area (Å²) in [6, 6.07) is 12.8. The van der Waals surface area contributed by atoms with Crippen LogP contribution in [-0.2, 0) is 0 Å². The highest BCUT2D eigenvalue weighted by molar-refractivity contribution is 6.01. The Labute approximate surface area is 64.7 Å². The fourth-order valence-corrected chi connectivity index (χ4v) is 1.43. The standard InChI is InChI=1S/C10H7N/c1-2-4-8-6-10-9(11-10)5-7(8)3-1/h1-6,11H. The molecule has 0 amide bonds. The smallest absolute Gasteiger partial charge is 0.0630 e. The van der Waals surface area contributed by atoms with E-state index in [4.69, 9.17) is 0 Å². The van der Waals surface area contributed by atoms with Crippen molar-refractivity contribution in [2.24, 2.45) is 0 Å². The second kappa shape index (κ2) is 1.56. The molecule has 2 aromatic carbocycles. The van der Waals surface area contributed by atoms with Gasteiger partial charge in [-0.25, -0.2) is 0 Å². The van der Waals surface area contributed by atoms with Gasteiger partial charge in [-0.2, -0.15) is 0 Å². The highest BCUT2D eigenvalue weighted by atomic mass is 15.0. The summed E-state index contributed by atoms with van der Waals surface area (Å²) in [7, 11) is 0. The Kier molecular flexibility index (Phi) is 0.737. The van der Waals surface area contributed by atoms with Gasteiger partial charge in [-0.15, -0.1) is 0 Å². The zero-order chi connectivity index (χ0) is 7.26. The summed E-state index contributed by atoms with van der Waals surface area (Å²) in [6.07, 6.45) is 0. The molecule has 11 heavy (non-hydrogen) atoms. The summed E-state index contributed by atoms with van der Waals surface area (Å²) in [5, 5.41) is 5.83. The van der Waals surface area contributed by atoms with Gasteiger partial charge >= 0.3 is 0 Å². The minimum absolute atomic E-state index is 1.28. The Hall–Kier alpha value is -1.50. The Balaban J connectivity index is 2.51. The van der Waals surface area contributed by atoms with Crippen molar-refractivity contribution in [3.05, 3.63) is 36.4 Å². The molecule has 0 fully saturated rings. The predicted molar refractivity (Wildman–Crippen MR) is 47.2 cm³/mol. The third-order valence-electron chi connectivity index (χ3n) is 2.09. The van der Waals surface area contributed by atoms with Gasteiger partial charge in [-0.1, -0.05) is 24.3 Å². The predicted octanol–water partition coefficient (Wildman–Crippen LogP) is 2.90. The van der Waals surface area contributed by atoms with Crippen LogP contribution in [-0.4, -0.2) is 0 Å². The first-order chi connectivity index (χ1) is 5.43. The van der Waals surface area contributed by atoms with Crippen LogP contribution < -0.4 is 5.32 Å². The van der Waals surface area contributed by atoms with Crippen LogP contribution in [0.25, 0.3) is 10.8 Å². The Morgan fingerprint density at radius 2 is 1.36 bits per heavy atom. The van der Waals surface area contributed by atoms with Gasteiger partial charge in [0.05, 0.1) is 11.4 Å². The lowest BCUT2D eigenvalue weighted by molar-refractivity contribution is 1.82. The maximum atomic E-state index is 3.20. The molecule has 0 saturated carbocycles. The van der Waals surface area contributed by atoms with Crippen molar-refractivity contribution in [2.75, 3.05) is 5.32 Å². The first-order valence-corrected chi connectivity index (χ1v) is 3.73. The molecule has 0 spiro atoms. The van der Waals surface area contributed by atoms with E-state index in [-0.39, 0.29) is 0 Å². The van der Waals surface area contributed by atoms with Crippen LogP contribution in [0.1, 0.15) is 0 Å². The molecule has 1 aliphatic rings. The van der Waals surface area contributed by atoms with E-state index < -0.39 is 0 Å². The minimum atomic E-state index is 1.28. The maximum absolute atomic E-state index is 3.20. The molecule has 1 heteroatoms. The Bertz CT molecular complexity index is 391. The number of rotatable bonds is 0. The van der Waals surface area contributed by atoms with Crippen molar-refractivity contribution in [1.29, 1.82) is 0 Å².